The van der Waals surface area contributed by atoms with E-state index in [0.29, 0.717) is 36.1 Å². The SMILES string of the molecule is COc1ccc(-c2cc(C)no2)cc1S(=O)(=O)N1CCC[C@H](C)C1. The van der Waals surface area contributed by atoms with Crippen molar-refractivity contribution in [3.05, 3.63) is 30.0 Å². The van der Waals surface area contributed by atoms with E-state index in [1.807, 2.05) is 6.92 Å². The normalized spacial score (nSPS) is 19.4. The van der Waals surface area contributed by atoms with Gasteiger partial charge < -0.3 is 9.26 Å². The number of aryl methyl sites for hydroxylation is 1. The van der Waals surface area contributed by atoms with Crippen molar-refractivity contribution >= 4 is 10.0 Å². The maximum absolute atomic E-state index is 13.1. The lowest BCUT2D eigenvalue weighted by Gasteiger charge is -2.30. The second kappa shape index (κ2) is 6.57. The number of methoxy groups -OCH3 is 1. The van der Waals surface area contributed by atoms with Crippen molar-refractivity contribution in [2.75, 3.05) is 20.2 Å². The first-order valence-corrected chi connectivity index (χ1v) is 9.47. The van der Waals surface area contributed by atoms with Gasteiger partial charge in [-0.2, -0.15) is 4.31 Å². The summed E-state index contributed by atoms with van der Waals surface area (Å²) in [7, 11) is -2.14. The molecule has 1 aliphatic heterocycles. The minimum absolute atomic E-state index is 0.172. The molecule has 0 saturated carbocycles. The number of benzene rings is 1. The molecule has 3 rings (SSSR count). The molecule has 1 aromatic carbocycles. The van der Waals surface area contributed by atoms with Crippen LogP contribution in [0, 0.1) is 12.8 Å². The average molecular weight is 350 g/mol. The Balaban J connectivity index is 2.04. The Morgan fingerprint density at radius 3 is 2.75 bits per heavy atom. The molecule has 0 aliphatic carbocycles. The molecule has 1 saturated heterocycles. The first-order valence-electron chi connectivity index (χ1n) is 8.03. The highest BCUT2D eigenvalue weighted by atomic mass is 32.2. The number of ether oxygens (including phenoxy) is 1. The predicted molar refractivity (Wildman–Crippen MR) is 90.4 cm³/mol. The van der Waals surface area contributed by atoms with E-state index in [4.69, 9.17) is 9.26 Å². The summed E-state index contributed by atoms with van der Waals surface area (Å²) in [6, 6.07) is 6.82. The average Bonchev–Trinajstić information content (AvgIpc) is 3.00. The largest absolute Gasteiger partial charge is 0.495 e. The van der Waals surface area contributed by atoms with Crippen molar-refractivity contribution in [1.29, 1.82) is 0 Å². The van der Waals surface area contributed by atoms with E-state index in [1.54, 1.807) is 28.6 Å². The lowest BCUT2D eigenvalue weighted by molar-refractivity contribution is 0.280. The Morgan fingerprint density at radius 2 is 2.12 bits per heavy atom. The summed E-state index contributed by atoms with van der Waals surface area (Å²) in [6.07, 6.45) is 1.93. The van der Waals surface area contributed by atoms with Gasteiger partial charge in [-0.05, 0) is 43.9 Å². The van der Waals surface area contributed by atoms with E-state index >= 15 is 0 Å². The first kappa shape index (κ1) is 17.0. The summed E-state index contributed by atoms with van der Waals surface area (Å²) < 4.78 is 38.3. The van der Waals surface area contributed by atoms with Gasteiger partial charge in [-0.15, -0.1) is 0 Å². The quantitative estimate of drug-likeness (QED) is 0.847. The molecule has 6 nitrogen and oxygen atoms in total. The molecule has 2 aromatic rings. The van der Waals surface area contributed by atoms with Crippen LogP contribution in [0.25, 0.3) is 11.3 Å². The minimum Gasteiger partial charge on any atom is -0.495 e. The second-order valence-electron chi connectivity index (χ2n) is 6.31. The van der Waals surface area contributed by atoms with E-state index < -0.39 is 10.0 Å². The van der Waals surface area contributed by atoms with Crippen LogP contribution in [0.15, 0.2) is 33.7 Å². The van der Waals surface area contributed by atoms with Crippen LogP contribution < -0.4 is 4.74 Å². The third-order valence-electron chi connectivity index (χ3n) is 4.31. The number of nitrogens with zero attached hydrogens (tertiary/aromatic N) is 2. The first-order chi connectivity index (χ1) is 11.4. The highest BCUT2D eigenvalue weighted by molar-refractivity contribution is 7.89. The van der Waals surface area contributed by atoms with Gasteiger partial charge in [0.15, 0.2) is 5.76 Å². The zero-order chi connectivity index (χ0) is 17.3. The van der Waals surface area contributed by atoms with Crippen LogP contribution in [0.4, 0.5) is 0 Å². The van der Waals surface area contributed by atoms with Crippen molar-refractivity contribution in [2.24, 2.45) is 5.92 Å². The molecule has 1 aliphatic rings. The van der Waals surface area contributed by atoms with E-state index in [1.165, 1.54) is 7.11 Å². The van der Waals surface area contributed by atoms with Crippen molar-refractivity contribution in [1.82, 2.24) is 9.46 Å². The van der Waals surface area contributed by atoms with Crippen molar-refractivity contribution in [2.45, 2.75) is 31.6 Å². The zero-order valence-corrected chi connectivity index (χ0v) is 15.0. The summed E-state index contributed by atoms with van der Waals surface area (Å²) in [4.78, 5) is 0.172. The number of rotatable bonds is 4. The molecular weight excluding hydrogens is 328 g/mol. The van der Waals surface area contributed by atoms with Crippen LogP contribution >= 0.6 is 0 Å². The van der Waals surface area contributed by atoms with Gasteiger partial charge in [-0.1, -0.05) is 12.1 Å². The number of hydrogen-bond donors (Lipinski definition) is 0. The van der Waals surface area contributed by atoms with E-state index in [2.05, 4.69) is 12.1 Å². The monoisotopic (exact) mass is 350 g/mol. The number of piperidine rings is 1. The summed E-state index contributed by atoms with van der Waals surface area (Å²) in [5, 5.41) is 3.86. The van der Waals surface area contributed by atoms with Gasteiger partial charge in [0.05, 0.1) is 12.8 Å². The smallest absolute Gasteiger partial charge is 0.246 e. The van der Waals surface area contributed by atoms with Crippen LogP contribution in [-0.2, 0) is 10.0 Å². The van der Waals surface area contributed by atoms with Gasteiger partial charge in [0.1, 0.15) is 10.6 Å². The van der Waals surface area contributed by atoms with E-state index in [0.717, 1.165) is 18.5 Å². The molecule has 0 radical (unpaired) electrons. The van der Waals surface area contributed by atoms with Crippen LogP contribution in [0.1, 0.15) is 25.5 Å². The number of sulfonamides is 1. The van der Waals surface area contributed by atoms with Crippen LogP contribution in [-0.4, -0.2) is 38.1 Å². The van der Waals surface area contributed by atoms with E-state index in [9.17, 15) is 8.42 Å². The third kappa shape index (κ3) is 3.18. The molecular formula is C17H22N2O4S. The lowest BCUT2D eigenvalue weighted by Crippen LogP contribution is -2.39. The molecule has 130 valence electrons. The summed E-state index contributed by atoms with van der Waals surface area (Å²) in [5.74, 6) is 1.24. The molecule has 0 N–H and O–H groups in total. The molecule has 0 unspecified atom stereocenters. The van der Waals surface area contributed by atoms with Crippen molar-refractivity contribution in [3.63, 3.8) is 0 Å². The maximum atomic E-state index is 13.1. The Hall–Kier alpha value is -1.86. The van der Waals surface area contributed by atoms with Crippen LogP contribution in [0.5, 0.6) is 5.75 Å². The second-order valence-corrected chi connectivity index (χ2v) is 8.21. The Morgan fingerprint density at radius 1 is 1.33 bits per heavy atom. The molecule has 1 atom stereocenters. The molecule has 1 fully saturated rings. The van der Waals surface area contributed by atoms with Gasteiger partial charge in [-0.25, -0.2) is 8.42 Å². The molecule has 0 bridgehead atoms. The molecule has 7 heteroatoms. The number of hydrogen-bond acceptors (Lipinski definition) is 5. The summed E-state index contributed by atoms with van der Waals surface area (Å²) in [5.41, 5.74) is 1.41. The van der Waals surface area contributed by atoms with Crippen LogP contribution in [0.2, 0.25) is 0 Å². The van der Waals surface area contributed by atoms with Gasteiger partial charge in [0.25, 0.3) is 0 Å². The molecule has 2 heterocycles. The lowest BCUT2D eigenvalue weighted by atomic mass is 10.0. The molecule has 0 spiro atoms. The fourth-order valence-corrected chi connectivity index (χ4v) is 4.81. The molecule has 24 heavy (non-hydrogen) atoms. The van der Waals surface area contributed by atoms with Crippen molar-refractivity contribution < 1.29 is 17.7 Å². The number of aromatic nitrogens is 1. The predicted octanol–water partition coefficient (Wildman–Crippen LogP) is 3.08. The maximum Gasteiger partial charge on any atom is 0.246 e. The van der Waals surface area contributed by atoms with Gasteiger partial charge in [0, 0.05) is 24.7 Å². The fraction of sp³-hybridized carbons (Fsp3) is 0.471. The highest BCUT2D eigenvalue weighted by Crippen LogP contribution is 2.33. The van der Waals surface area contributed by atoms with Gasteiger partial charge >= 0.3 is 0 Å². The van der Waals surface area contributed by atoms with Gasteiger partial charge in [-0.3, -0.25) is 0 Å². The van der Waals surface area contributed by atoms with E-state index in [-0.39, 0.29) is 4.90 Å². The Kier molecular flexibility index (Phi) is 4.64. The topological polar surface area (TPSA) is 72.6 Å². The third-order valence-corrected chi connectivity index (χ3v) is 6.20. The summed E-state index contributed by atoms with van der Waals surface area (Å²) >= 11 is 0. The Bertz CT molecular complexity index is 829. The fourth-order valence-electron chi connectivity index (χ4n) is 3.03. The Labute approximate surface area is 142 Å². The zero-order valence-electron chi connectivity index (χ0n) is 14.2. The van der Waals surface area contributed by atoms with Gasteiger partial charge in [0.2, 0.25) is 10.0 Å². The molecule has 0 amide bonds. The standard InChI is InChI=1S/C17H22N2O4S/c1-12-5-4-8-19(11-12)24(20,21)17-10-14(6-7-15(17)22-3)16-9-13(2)18-23-16/h6-7,9-10,12H,4-5,8,11H2,1-3H3/t12-/m0/s1. The van der Waals surface area contributed by atoms with Crippen LogP contribution in [0.3, 0.4) is 0 Å². The molecule has 1 aromatic heterocycles. The highest BCUT2D eigenvalue weighted by Gasteiger charge is 2.31. The summed E-state index contributed by atoms with van der Waals surface area (Å²) in [6.45, 7) is 4.98. The minimum atomic E-state index is -3.62. The van der Waals surface area contributed by atoms with Crippen molar-refractivity contribution in [3.8, 4) is 17.1 Å².